The van der Waals surface area contributed by atoms with Crippen molar-refractivity contribution >= 4 is 17.7 Å². The monoisotopic (exact) mass is 492 g/mol. The van der Waals surface area contributed by atoms with E-state index in [4.69, 9.17) is 9.47 Å². The number of carbonyl (C=O) groups excluding carboxylic acids is 2. The molecule has 0 N–H and O–H groups in total. The Bertz CT molecular complexity index is 1190. The molecule has 3 atom stereocenters. The minimum atomic E-state index is -0.510. The normalized spacial score (nSPS) is 25.4. The predicted octanol–water partition coefficient (Wildman–Crippen LogP) is 5.43. The van der Waals surface area contributed by atoms with Gasteiger partial charge in [-0.3, -0.25) is 4.79 Å². The second-order valence-corrected chi connectivity index (χ2v) is 11.0. The van der Waals surface area contributed by atoms with Crippen molar-refractivity contribution in [1.82, 2.24) is 4.90 Å². The van der Waals surface area contributed by atoms with E-state index in [1.165, 1.54) is 28.5 Å². The number of halogens is 1. The van der Waals surface area contributed by atoms with E-state index >= 15 is 0 Å². The number of fused-ring (bicyclic) bond motifs is 1. The molecule has 0 aromatic heterocycles. The Balaban J connectivity index is 1.14. The van der Waals surface area contributed by atoms with Gasteiger partial charge in [-0.15, -0.1) is 0 Å². The highest BCUT2D eigenvalue weighted by Gasteiger charge is 2.51. The molecule has 0 bridgehead atoms. The van der Waals surface area contributed by atoms with Crippen molar-refractivity contribution in [3.63, 3.8) is 0 Å². The zero-order valence-corrected chi connectivity index (χ0v) is 20.9. The molecule has 1 saturated heterocycles. The molecule has 0 radical (unpaired) electrons. The Kier molecular flexibility index (Phi) is 5.89. The molecular weight excluding hydrogens is 459 g/mol. The van der Waals surface area contributed by atoms with Gasteiger partial charge >= 0.3 is 6.09 Å². The number of imide groups is 1. The first-order valence-electron chi connectivity index (χ1n) is 13.2. The summed E-state index contributed by atoms with van der Waals surface area (Å²) in [5.74, 6) is 0.547. The summed E-state index contributed by atoms with van der Waals surface area (Å²) in [6.07, 6.45) is 4.66. The first kappa shape index (κ1) is 23.3. The average molecular weight is 493 g/mol. The van der Waals surface area contributed by atoms with Crippen LogP contribution in [0.5, 0.6) is 5.75 Å². The van der Waals surface area contributed by atoms with E-state index in [1.807, 2.05) is 19.9 Å². The second-order valence-electron chi connectivity index (χ2n) is 11.0. The highest BCUT2D eigenvalue weighted by Crippen LogP contribution is 2.50. The molecule has 2 aromatic rings. The summed E-state index contributed by atoms with van der Waals surface area (Å²) >= 11 is 0. The SMILES string of the molecule is CC(C)[C@H]1COC(=O)N1C(=O)C1CC1c1ccc2c(c1)CCN(c1cc(OC3CCC3)ccc1F)C2. The molecule has 7 heteroatoms. The molecule has 2 aliphatic carbocycles. The smallest absolute Gasteiger partial charge is 0.416 e. The number of hydrogen-bond donors (Lipinski definition) is 0. The minimum absolute atomic E-state index is 0.107. The Morgan fingerprint density at radius 2 is 1.97 bits per heavy atom. The number of cyclic esters (lactones) is 1. The first-order chi connectivity index (χ1) is 17.4. The van der Waals surface area contributed by atoms with Crippen LogP contribution in [0.3, 0.4) is 0 Å². The lowest BCUT2D eigenvalue weighted by molar-refractivity contribution is -0.131. The van der Waals surface area contributed by atoms with Crippen LogP contribution in [0.4, 0.5) is 14.9 Å². The average Bonchev–Trinajstić information content (AvgIpc) is 3.55. The summed E-state index contributed by atoms with van der Waals surface area (Å²) in [6, 6.07) is 11.3. The van der Waals surface area contributed by atoms with Crippen LogP contribution in [0.25, 0.3) is 0 Å². The van der Waals surface area contributed by atoms with Crippen LogP contribution < -0.4 is 9.64 Å². The molecule has 2 heterocycles. The summed E-state index contributed by atoms with van der Waals surface area (Å²) in [6.45, 7) is 5.66. The van der Waals surface area contributed by atoms with Crippen LogP contribution >= 0.6 is 0 Å². The van der Waals surface area contributed by atoms with Crippen LogP contribution in [-0.4, -0.2) is 42.2 Å². The summed E-state index contributed by atoms with van der Waals surface area (Å²) in [7, 11) is 0. The van der Waals surface area contributed by atoms with Crippen molar-refractivity contribution in [2.24, 2.45) is 11.8 Å². The standard InChI is InChI=1S/C29H33FN2O4/c1-17(2)27-16-35-29(34)32(27)28(33)24-14-23(24)19-6-7-20-15-31(11-10-18(20)12-19)26-13-22(8-9-25(26)30)36-21-4-3-5-21/h6-9,12-13,17,21,23-24,27H,3-5,10-11,14-16H2,1-2H3/t23?,24?,27-/m1/s1. The van der Waals surface area contributed by atoms with Crippen molar-refractivity contribution in [1.29, 1.82) is 0 Å². The molecule has 190 valence electrons. The summed E-state index contributed by atoms with van der Waals surface area (Å²) in [5, 5.41) is 0. The third-order valence-corrected chi connectivity index (χ3v) is 8.30. The molecule has 2 amide bonds. The van der Waals surface area contributed by atoms with E-state index in [2.05, 4.69) is 23.1 Å². The Morgan fingerprint density at radius 1 is 1.14 bits per heavy atom. The van der Waals surface area contributed by atoms with Crippen LogP contribution in [0, 0.1) is 17.7 Å². The number of ether oxygens (including phenoxy) is 2. The van der Waals surface area contributed by atoms with Gasteiger partial charge in [0.1, 0.15) is 18.2 Å². The van der Waals surface area contributed by atoms with Gasteiger partial charge < -0.3 is 14.4 Å². The maximum atomic E-state index is 14.7. The summed E-state index contributed by atoms with van der Waals surface area (Å²) in [4.78, 5) is 28.8. The Morgan fingerprint density at radius 3 is 2.72 bits per heavy atom. The molecule has 4 aliphatic rings. The number of amides is 2. The molecular formula is C29H33FN2O4. The molecule has 3 fully saturated rings. The zero-order chi connectivity index (χ0) is 25.0. The summed E-state index contributed by atoms with van der Waals surface area (Å²) < 4.78 is 25.9. The molecule has 6 rings (SSSR count). The third kappa shape index (κ3) is 4.22. The van der Waals surface area contributed by atoms with Crippen molar-refractivity contribution in [3.05, 3.63) is 58.9 Å². The van der Waals surface area contributed by atoms with Gasteiger partial charge in [0.2, 0.25) is 5.91 Å². The lowest BCUT2D eigenvalue weighted by Gasteiger charge is -2.32. The fraction of sp³-hybridized carbons (Fsp3) is 0.517. The molecule has 6 nitrogen and oxygen atoms in total. The number of hydrogen-bond acceptors (Lipinski definition) is 5. The maximum absolute atomic E-state index is 14.7. The number of rotatable bonds is 6. The van der Waals surface area contributed by atoms with Crippen molar-refractivity contribution < 1.29 is 23.5 Å². The van der Waals surface area contributed by atoms with Crippen LogP contribution in [-0.2, 0) is 22.5 Å². The van der Waals surface area contributed by atoms with Crippen molar-refractivity contribution in [2.45, 2.75) is 70.6 Å². The highest BCUT2D eigenvalue weighted by atomic mass is 19.1. The fourth-order valence-corrected chi connectivity index (χ4v) is 5.69. The number of carbonyl (C=O) groups is 2. The molecule has 0 spiro atoms. The lowest BCUT2D eigenvalue weighted by Crippen LogP contribution is -2.42. The summed E-state index contributed by atoms with van der Waals surface area (Å²) in [5.41, 5.74) is 4.17. The van der Waals surface area contributed by atoms with Gasteiger partial charge in [-0.1, -0.05) is 32.0 Å². The number of nitrogens with zero attached hydrogens (tertiary/aromatic N) is 2. The number of benzene rings is 2. The van der Waals surface area contributed by atoms with E-state index in [-0.39, 0.29) is 48.2 Å². The van der Waals surface area contributed by atoms with Crippen LogP contribution in [0.1, 0.15) is 62.1 Å². The van der Waals surface area contributed by atoms with E-state index in [1.54, 1.807) is 6.07 Å². The van der Waals surface area contributed by atoms with Gasteiger partial charge in [0, 0.05) is 25.1 Å². The van der Waals surface area contributed by atoms with E-state index in [0.717, 1.165) is 43.5 Å². The fourth-order valence-electron chi connectivity index (χ4n) is 5.69. The molecule has 2 saturated carbocycles. The second kappa shape index (κ2) is 9.09. The van der Waals surface area contributed by atoms with Gasteiger partial charge in [0.15, 0.2) is 0 Å². The maximum Gasteiger partial charge on any atom is 0.416 e. The van der Waals surface area contributed by atoms with Gasteiger partial charge in [-0.05, 0) is 72.8 Å². The van der Waals surface area contributed by atoms with Gasteiger partial charge in [-0.25, -0.2) is 14.1 Å². The quantitative estimate of drug-likeness (QED) is 0.539. The minimum Gasteiger partial charge on any atom is -0.490 e. The first-order valence-corrected chi connectivity index (χ1v) is 13.2. The number of anilines is 1. The van der Waals surface area contributed by atoms with E-state index < -0.39 is 6.09 Å². The lowest BCUT2D eigenvalue weighted by atomic mass is 9.94. The highest BCUT2D eigenvalue weighted by molar-refractivity contribution is 5.96. The Hall–Kier alpha value is -3.09. The zero-order valence-electron chi connectivity index (χ0n) is 20.9. The molecule has 2 unspecified atom stereocenters. The van der Waals surface area contributed by atoms with Crippen molar-refractivity contribution in [2.75, 3.05) is 18.1 Å². The van der Waals surface area contributed by atoms with Gasteiger partial charge in [0.05, 0.1) is 17.8 Å². The third-order valence-electron chi connectivity index (χ3n) is 8.30. The topological polar surface area (TPSA) is 59.1 Å². The van der Waals surface area contributed by atoms with Crippen LogP contribution in [0.2, 0.25) is 0 Å². The molecule has 36 heavy (non-hydrogen) atoms. The van der Waals surface area contributed by atoms with Crippen LogP contribution in [0.15, 0.2) is 36.4 Å². The molecule has 2 aromatic carbocycles. The molecule has 2 aliphatic heterocycles. The van der Waals surface area contributed by atoms with Gasteiger partial charge in [0.25, 0.3) is 0 Å². The van der Waals surface area contributed by atoms with E-state index in [0.29, 0.717) is 12.2 Å². The van der Waals surface area contributed by atoms with Gasteiger partial charge in [-0.2, -0.15) is 0 Å². The van der Waals surface area contributed by atoms with Crippen molar-refractivity contribution in [3.8, 4) is 5.75 Å². The van der Waals surface area contributed by atoms with E-state index in [9.17, 15) is 14.0 Å². The largest absolute Gasteiger partial charge is 0.490 e. The predicted molar refractivity (Wildman–Crippen MR) is 134 cm³/mol. The Labute approximate surface area is 211 Å².